The molecule has 0 fully saturated rings. The molecule has 5 heteroatoms. The fourth-order valence-electron chi connectivity index (χ4n) is 1.54. The van der Waals surface area contributed by atoms with E-state index in [0.717, 1.165) is 11.5 Å². The Bertz CT molecular complexity index is 509. The summed E-state index contributed by atoms with van der Waals surface area (Å²) in [6.45, 7) is 2.21. The first-order valence-corrected chi connectivity index (χ1v) is 7.52. The summed E-state index contributed by atoms with van der Waals surface area (Å²) < 4.78 is 0. The molecule has 20 heavy (non-hydrogen) atoms. The van der Waals surface area contributed by atoms with Gasteiger partial charge in [0, 0.05) is 12.2 Å². The molecule has 2 amide bonds. The number of anilines is 1. The molecule has 106 valence electrons. The molecule has 0 aromatic heterocycles. The van der Waals surface area contributed by atoms with Crippen molar-refractivity contribution < 1.29 is 9.59 Å². The largest absolute Gasteiger partial charge is 0.341 e. The van der Waals surface area contributed by atoms with Gasteiger partial charge in [-0.15, -0.1) is 6.42 Å². The lowest BCUT2D eigenvalue weighted by atomic mass is 10.1. The molecule has 1 aromatic carbocycles. The number of carbonyl (C=O) groups excluding carboxylic acids is 2. The van der Waals surface area contributed by atoms with Crippen molar-refractivity contribution in [2.24, 2.45) is 0 Å². The van der Waals surface area contributed by atoms with Crippen LogP contribution in [-0.4, -0.2) is 29.9 Å². The molecular formula is C15H18N2O2S. The molecular weight excluding hydrogens is 272 g/mol. The number of rotatable bonds is 7. The second-order valence-electron chi connectivity index (χ2n) is 3.93. The van der Waals surface area contributed by atoms with Crippen molar-refractivity contribution in [2.45, 2.75) is 13.3 Å². The summed E-state index contributed by atoms with van der Waals surface area (Å²) in [5.74, 6) is 3.71. The number of carbonyl (C=O) groups is 2. The quantitative estimate of drug-likeness (QED) is 0.597. The number of hydrogen-bond acceptors (Lipinski definition) is 3. The Kier molecular flexibility index (Phi) is 7.30. The highest BCUT2D eigenvalue weighted by atomic mass is 32.2. The lowest BCUT2D eigenvalue weighted by Crippen LogP contribution is -2.25. The Balaban J connectivity index is 2.68. The van der Waals surface area contributed by atoms with Crippen LogP contribution < -0.4 is 10.6 Å². The maximum Gasteiger partial charge on any atom is 0.254 e. The second kappa shape index (κ2) is 9.05. The van der Waals surface area contributed by atoms with Crippen LogP contribution in [0.25, 0.3) is 0 Å². The number of benzene rings is 1. The molecule has 2 N–H and O–H groups in total. The minimum Gasteiger partial charge on any atom is -0.341 e. The molecule has 1 rings (SSSR count). The van der Waals surface area contributed by atoms with Crippen molar-refractivity contribution in [3.63, 3.8) is 0 Å². The van der Waals surface area contributed by atoms with Crippen LogP contribution in [0.1, 0.15) is 23.7 Å². The minimum atomic E-state index is -0.290. The summed E-state index contributed by atoms with van der Waals surface area (Å²) >= 11 is 1.71. The van der Waals surface area contributed by atoms with Crippen LogP contribution in [0.3, 0.4) is 0 Å². The van der Waals surface area contributed by atoms with E-state index in [2.05, 4.69) is 16.6 Å². The van der Waals surface area contributed by atoms with E-state index in [4.69, 9.17) is 6.42 Å². The summed E-state index contributed by atoms with van der Waals surface area (Å²) in [6, 6.07) is 6.87. The van der Waals surface area contributed by atoms with Gasteiger partial charge in [0.25, 0.3) is 5.91 Å². The van der Waals surface area contributed by atoms with Gasteiger partial charge in [-0.3, -0.25) is 9.59 Å². The maximum absolute atomic E-state index is 11.9. The third-order valence-corrected chi connectivity index (χ3v) is 3.38. The summed E-state index contributed by atoms with van der Waals surface area (Å²) in [5, 5.41) is 5.35. The first-order chi connectivity index (χ1) is 9.69. The number of thioether (sulfide) groups is 1. The van der Waals surface area contributed by atoms with Gasteiger partial charge in [-0.05, 0) is 17.9 Å². The molecule has 1 aromatic rings. The molecule has 0 saturated carbocycles. The van der Waals surface area contributed by atoms with Gasteiger partial charge in [0.1, 0.15) is 0 Å². The first-order valence-electron chi connectivity index (χ1n) is 6.37. The zero-order chi connectivity index (χ0) is 14.8. The van der Waals surface area contributed by atoms with Gasteiger partial charge >= 0.3 is 0 Å². The molecule has 4 nitrogen and oxygen atoms in total. The number of para-hydroxylation sites is 1. The highest BCUT2D eigenvalue weighted by Gasteiger charge is 2.12. The van der Waals surface area contributed by atoms with Crippen LogP contribution in [0.2, 0.25) is 0 Å². The zero-order valence-electron chi connectivity index (χ0n) is 11.4. The maximum atomic E-state index is 11.9. The van der Waals surface area contributed by atoms with Gasteiger partial charge in [-0.25, -0.2) is 0 Å². The third kappa shape index (κ3) is 5.37. The molecule has 0 unspecified atom stereocenters. The highest BCUT2D eigenvalue weighted by molar-refractivity contribution is 7.99. The normalized spacial score (nSPS) is 9.60. The van der Waals surface area contributed by atoms with Gasteiger partial charge in [-0.2, -0.15) is 11.8 Å². The monoisotopic (exact) mass is 290 g/mol. The van der Waals surface area contributed by atoms with Crippen molar-refractivity contribution in [1.29, 1.82) is 0 Å². The molecule has 0 saturated heterocycles. The Labute approximate surface area is 123 Å². The standard InChI is InChI=1S/C15H18N2O2S/c1-3-10-16-15(19)12-7-5-6-8-13(12)17-14(18)9-11-20-4-2/h1,5-8H,4,9-11H2,2H3,(H,16,19)(H,17,18). The van der Waals surface area contributed by atoms with Gasteiger partial charge in [0.2, 0.25) is 5.91 Å². The van der Waals surface area contributed by atoms with Gasteiger partial charge in [0.05, 0.1) is 17.8 Å². The van der Waals surface area contributed by atoms with E-state index in [1.807, 2.05) is 6.92 Å². The van der Waals surface area contributed by atoms with Crippen molar-refractivity contribution in [3.05, 3.63) is 29.8 Å². The molecule has 0 heterocycles. The van der Waals surface area contributed by atoms with Crippen LogP contribution in [0, 0.1) is 12.3 Å². The van der Waals surface area contributed by atoms with Crippen LogP contribution in [-0.2, 0) is 4.79 Å². The first kappa shape index (κ1) is 16.1. The van der Waals surface area contributed by atoms with Crippen molar-refractivity contribution in [1.82, 2.24) is 5.32 Å². The third-order valence-electron chi connectivity index (χ3n) is 2.47. The van der Waals surface area contributed by atoms with E-state index in [-0.39, 0.29) is 18.4 Å². The number of hydrogen-bond donors (Lipinski definition) is 2. The lowest BCUT2D eigenvalue weighted by Gasteiger charge is -2.10. The molecule has 0 bridgehead atoms. The topological polar surface area (TPSA) is 58.2 Å². The number of terminal acetylenes is 1. The van der Waals surface area contributed by atoms with Gasteiger partial charge < -0.3 is 10.6 Å². The van der Waals surface area contributed by atoms with Gasteiger partial charge in [-0.1, -0.05) is 25.0 Å². The van der Waals surface area contributed by atoms with E-state index >= 15 is 0 Å². The van der Waals surface area contributed by atoms with E-state index in [0.29, 0.717) is 17.7 Å². The van der Waals surface area contributed by atoms with Crippen LogP contribution in [0.4, 0.5) is 5.69 Å². The fourth-order valence-corrected chi connectivity index (χ4v) is 2.16. The molecule has 0 aliphatic rings. The summed E-state index contributed by atoms with van der Waals surface area (Å²) in [6.07, 6.45) is 5.53. The van der Waals surface area contributed by atoms with E-state index < -0.39 is 0 Å². The van der Waals surface area contributed by atoms with Crippen molar-refractivity contribution in [2.75, 3.05) is 23.4 Å². The zero-order valence-corrected chi connectivity index (χ0v) is 12.3. The van der Waals surface area contributed by atoms with E-state index in [9.17, 15) is 9.59 Å². The predicted octanol–water partition coefficient (Wildman–Crippen LogP) is 2.13. The van der Waals surface area contributed by atoms with Crippen LogP contribution in [0.5, 0.6) is 0 Å². The van der Waals surface area contributed by atoms with E-state index in [1.165, 1.54) is 0 Å². The van der Waals surface area contributed by atoms with Gasteiger partial charge in [0.15, 0.2) is 0 Å². The highest BCUT2D eigenvalue weighted by Crippen LogP contribution is 2.15. The molecule has 0 aliphatic heterocycles. The molecule has 0 radical (unpaired) electrons. The summed E-state index contributed by atoms with van der Waals surface area (Å²) in [7, 11) is 0. The molecule has 0 spiro atoms. The summed E-state index contributed by atoms with van der Waals surface area (Å²) in [5.41, 5.74) is 0.924. The minimum absolute atomic E-state index is 0.0943. The average Bonchev–Trinajstić information content (AvgIpc) is 2.45. The van der Waals surface area contributed by atoms with E-state index in [1.54, 1.807) is 36.0 Å². The van der Waals surface area contributed by atoms with Crippen molar-refractivity contribution in [3.8, 4) is 12.3 Å². The second-order valence-corrected chi connectivity index (χ2v) is 5.32. The van der Waals surface area contributed by atoms with Crippen LogP contribution in [0.15, 0.2) is 24.3 Å². The SMILES string of the molecule is C#CCNC(=O)c1ccccc1NC(=O)CCSCC. The Morgan fingerprint density at radius 1 is 1.35 bits per heavy atom. The Morgan fingerprint density at radius 3 is 2.80 bits per heavy atom. The number of nitrogens with one attached hydrogen (secondary N) is 2. The Morgan fingerprint density at radius 2 is 2.10 bits per heavy atom. The molecule has 0 aliphatic carbocycles. The summed E-state index contributed by atoms with van der Waals surface area (Å²) in [4.78, 5) is 23.7. The smallest absolute Gasteiger partial charge is 0.254 e. The predicted molar refractivity (Wildman–Crippen MR) is 83.9 cm³/mol. The number of amides is 2. The van der Waals surface area contributed by atoms with Crippen LogP contribution >= 0.6 is 11.8 Å². The van der Waals surface area contributed by atoms with Crippen molar-refractivity contribution >= 4 is 29.3 Å². The average molecular weight is 290 g/mol. The molecule has 0 atom stereocenters. The fraction of sp³-hybridized carbons (Fsp3) is 0.333. The lowest BCUT2D eigenvalue weighted by molar-refractivity contribution is -0.115. The Hall–Kier alpha value is -1.93.